The summed E-state index contributed by atoms with van der Waals surface area (Å²) in [6, 6.07) is 14.1. The van der Waals surface area contributed by atoms with E-state index < -0.39 is 0 Å². The van der Waals surface area contributed by atoms with Crippen molar-refractivity contribution in [3.8, 4) is 0 Å². The fourth-order valence-corrected chi connectivity index (χ4v) is 1.56. The number of ether oxygens (including phenoxy) is 1. The van der Waals surface area contributed by atoms with Crippen LogP contribution < -0.4 is 5.32 Å². The van der Waals surface area contributed by atoms with Crippen molar-refractivity contribution in [1.29, 1.82) is 0 Å². The zero-order valence-electron chi connectivity index (χ0n) is 9.89. The molecule has 0 saturated heterocycles. The highest BCUT2D eigenvalue weighted by Gasteiger charge is 1.96. The minimum atomic E-state index is 0.603. The molecule has 0 amide bonds. The summed E-state index contributed by atoms with van der Waals surface area (Å²) >= 11 is 0. The lowest BCUT2D eigenvalue weighted by Crippen LogP contribution is -1.97. The van der Waals surface area contributed by atoms with E-state index in [1.165, 1.54) is 5.56 Å². The van der Waals surface area contributed by atoms with E-state index in [-0.39, 0.29) is 0 Å². The summed E-state index contributed by atoms with van der Waals surface area (Å²) in [6.45, 7) is 1.24. The summed E-state index contributed by atoms with van der Waals surface area (Å²) in [6.07, 6.45) is 1.78. The van der Waals surface area contributed by atoms with Crippen LogP contribution in [0.2, 0.25) is 0 Å². The highest BCUT2D eigenvalue weighted by molar-refractivity contribution is 5.36. The van der Waals surface area contributed by atoms with Crippen molar-refractivity contribution < 1.29 is 4.74 Å². The Labute approximate surface area is 101 Å². The number of nitrogens with zero attached hydrogens (tertiary/aromatic N) is 1. The maximum absolute atomic E-state index is 5.65. The van der Waals surface area contributed by atoms with Gasteiger partial charge in [0.2, 0.25) is 0 Å². The molecule has 1 aromatic carbocycles. The molecule has 2 rings (SSSR count). The van der Waals surface area contributed by atoms with Crippen LogP contribution in [-0.2, 0) is 18.0 Å². The smallest absolute Gasteiger partial charge is 0.125 e. The van der Waals surface area contributed by atoms with Gasteiger partial charge in [-0.2, -0.15) is 0 Å². The van der Waals surface area contributed by atoms with Crippen molar-refractivity contribution in [2.24, 2.45) is 0 Å². The van der Waals surface area contributed by atoms with Crippen LogP contribution in [0.4, 0.5) is 5.82 Å². The van der Waals surface area contributed by atoms with Gasteiger partial charge in [-0.1, -0.05) is 30.3 Å². The van der Waals surface area contributed by atoms with E-state index in [2.05, 4.69) is 22.4 Å². The first-order valence-corrected chi connectivity index (χ1v) is 5.63. The van der Waals surface area contributed by atoms with Crippen molar-refractivity contribution in [3.05, 3.63) is 59.8 Å². The number of rotatable bonds is 5. The van der Waals surface area contributed by atoms with Gasteiger partial charge in [0.1, 0.15) is 5.82 Å². The lowest BCUT2D eigenvalue weighted by atomic mass is 10.2. The standard InChI is InChI=1S/C14H16N2O/c1-15-14-9-13(7-8-16-14)11-17-10-12-5-3-2-4-6-12/h2-9H,10-11H2,1H3,(H,15,16). The molecule has 0 atom stereocenters. The van der Waals surface area contributed by atoms with Gasteiger partial charge in [-0.15, -0.1) is 0 Å². The van der Waals surface area contributed by atoms with Gasteiger partial charge in [0.25, 0.3) is 0 Å². The van der Waals surface area contributed by atoms with Crippen molar-refractivity contribution in [2.45, 2.75) is 13.2 Å². The molecule has 0 aliphatic heterocycles. The fourth-order valence-electron chi connectivity index (χ4n) is 1.56. The second-order valence-corrected chi connectivity index (χ2v) is 3.78. The average Bonchev–Trinajstić information content (AvgIpc) is 2.40. The molecule has 0 unspecified atom stereocenters. The molecule has 1 heterocycles. The molecular weight excluding hydrogens is 212 g/mol. The molecule has 3 nitrogen and oxygen atoms in total. The Kier molecular flexibility index (Phi) is 4.11. The van der Waals surface area contributed by atoms with Gasteiger partial charge in [0, 0.05) is 13.2 Å². The third-order valence-corrected chi connectivity index (χ3v) is 2.46. The molecule has 17 heavy (non-hydrogen) atoms. The second-order valence-electron chi connectivity index (χ2n) is 3.78. The molecule has 2 aromatic rings. The summed E-state index contributed by atoms with van der Waals surface area (Å²) in [5.74, 6) is 0.866. The monoisotopic (exact) mass is 228 g/mol. The number of benzene rings is 1. The minimum Gasteiger partial charge on any atom is -0.373 e. The molecule has 0 saturated carbocycles. The van der Waals surface area contributed by atoms with Gasteiger partial charge in [-0.3, -0.25) is 0 Å². The van der Waals surface area contributed by atoms with E-state index in [1.807, 2.05) is 37.4 Å². The second kappa shape index (κ2) is 6.01. The summed E-state index contributed by atoms with van der Waals surface area (Å²) < 4.78 is 5.65. The molecule has 0 spiro atoms. The largest absolute Gasteiger partial charge is 0.373 e. The van der Waals surface area contributed by atoms with E-state index in [9.17, 15) is 0 Å². The lowest BCUT2D eigenvalue weighted by molar-refractivity contribution is 0.107. The fraction of sp³-hybridized carbons (Fsp3) is 0.214. The van der Waals surface area contributed by atoms with Crippen LogP contribution in [0.25, 0.3) is 0 Å². The maximum Gasteiger partial charge on any atom is 0.125 e. The van der Waals surface area contributed by atoms with E-state index in [0.29, 0.717) is 13.2 Å². The third kappa shape index (κ3) is 3.57. The van der Waals surface area contributed by atoms with Gasteiger partial charge in [-0.25, -0.2) is 4.98 Å². The summed E-state index contributed by atoms with van der Waals surface area (Å²) in [4.78, 5) is 4.16. The average molecular weight is 228 g/mol. The lowest BCUT2D eigenvalue weighted by Gasteiger charge is -2.06. The van der Waals surface area contributed by atoms with Gasteiger partial charge < -0.3 is 10.1 Å². The highest BCUT2D eigenvalue weighted by atomic mass is 16.5. The predicted octanol–water partition coefficient (Wildman–Crippen LogP) is 2.84. The summed E-state index contributed by atoms with van der Waals surface area (Å²) in [5.41, 5.74) is 2.32. The van der Waals surface area contributed by atoms with E-state index in [4.69, 9.17) is 4.74 Å². The molecule has 3 heteroatoms. The molecule has 0 radical (unpaired) electrons. The van der Waals surface area contributed by atoms with Crippen molar-refractivity contribution in [3.63, 3.8) is 0 Å². The predicted molar refractivity (Wildman–Crippen MR) is 68.7 cm³/mol. The molecular formula is C14H16N2O. The van der Waals surface area contributed by atoms with E-state index in [0.717, 1.165) is 11.4 Å². The maximum atomic E-state index is 5.65. The number of hydrogen-bond donors (Lipinski definition) is 1. The normalized spacial score (nSPS) is 10.2. The molecule has 0 aliphatic carbocycles. The van der Waals surface area contributed by atoms with Crippen LogP contribution in [0.5, 0.6) is 0 Å². The SMILES string of the molecule is CNc1cc(COCc2ccccc2)ccn1. The topological polar surface area (TPSA) is 34.1 Å². The molecule has 88 valence electrons. The molecule has 0 aliphatic rings. The third-order valence-electron chi connectivity index (χ3n) is 2.46. The number of nitrogens with one attached hydrogen (secondary N) is 1. The Morgan fingerprint density at radius 1 is 1.06 bits per heavy atom. The number of aromatic nitrogens is 1. The minimum absolute atomic E-state index is 0.603. The number of pyridine rings is 1. The first kappa shape index (κ1) is 11.6. The Bertz CT molecular complexity index is 457. The number of anilines is 1. The highest BCUT2D eigenvalue weighted by Crippen LogP contribution is 2.09. The molecule has 0 bridgehead atoms. The number of hydrogen-bond acceptors (Lipinski definition) is 3. The van der Waals surface area contributed by atoms with Gasteiger partial charge in [0.05, 0.1) is 13.2 Å². The first-order valence-electron chi connectivity index (χ1n) is 5.63. The summed E-state index contributed by atoms with van der Waals surface area (Å²) in [7, 11) is 1.86. The van der Waals surface area contributed by atoms with Gasteiger partial charge in [-0.05, 0) is 23.3 Å². The van der Waals surface area contributed by atoms with Crippen molar-refractivity contribution >= 4 is 5.82 Å². The Hall–Kier alpha value is -1.87. The molecule has 0 fully saturated rings. The van der Waals surface area contributed by atoms with Crippen LogP contribution in [-0.4, -0.2) is 12.0 Å². The summed E-state index contributed by atoms with van der Waals surface area (Å²) in [5, 5.41) is 3.01. The first-order chi connectivity index (χ1) is 8.38. The zero-order valence-corrected chi connectivity index (χ0v) is 9.89. The van der Waals surface area contributed by atoms with Crippen LogP contribution in [0.15, 0.2) is 48.7 Å². The Morgan fingerprint density at radius 2 is 1.82 bits per heavy atom. The van der Waals surface area contributed by atoms with Gasteiger partial charge >= 0.3 is 0 Å². The van der Waals surface area contributed by atoms with Crippen molar-refractivity contribution in [1.82, 2.24) is 4.98 Å². The zero-order chi connectivity index (χ0) is 11.9. The van der Waals surface area contributed by atoms with Crippen LogP contribution >= 0.6 is 0 Å². The van der Waals surface area contributed by atoms with E-state index in [1.54, 1.807) is 6.20 Å². The van der Waals surface area contributed by atoms with Crippen LogP contribution in [0, 0.1) is 0 Å². The quantitative estimate of drug-likeness (QED) is 0.854. The van der Waals surface area contributed by atoms with Gasteiger partial charge in [0.15, 0.2) is 0 Å². The van der Waals surface area contributed by atoms with Crippen LogP contribution in [0.1, 0.15) is 11.1 Å². The molecule has 1 aromatic heterocycles. The van der Waals surface area contributed by atoms with Crippen LogP contribution in [0.3, 0.4) is 0 Å². The van der Waals surface area contributed by atoms with E-state index >= 15 is 0 Å². The Morgan fingerprint density at radius 3 is 2.59 bits per heavy atom. The van der Waals surface area contributed by atoms with Crippen molar-refractivity contribution in [2.75, 3.05) is 12.4 Å². The Balaban J connectivity index is 1.86. The molecule has 1 N–H and O–H groups in total.